The Labute approximate surface area is 171 Å². The largest absolute Gasteiger partial charge is 0.478 e. The highest BCUT2D eigenvalue weighted by molar-refractivity contribution is 5.97. The van der Waals surface area contributed by atoms with Crippen LogP contribution < -0.4 is 5.32 Å². The molecular formula is C25H27NO3. The molecule has 4 nitrogen and oxygen atoms in total. The molecule has 0 radical (unpaired) electrons. The van der Waals surface area contributed by atoms with Gasteiger partial charge in [0, 0.05) is 5.69 Å². The molecule has 4 aliphatic rings. The highest BCUT2D eigenvalue weighted by Crippen LogP contribution is 2.66. The Hall–Kier alpha value is -2.62. The summed E-state index contributed by atoms with van der Waals surface area (Å²) >= 11 is 0. The van der Waals surface area contributed by atoms with E-state index in [-0.39, 0.29) is 22.3 Å². The molecule has 4 heteroatoms. The second kappa shape index (κ2) is 6.45. The number of anilines is 1. The molecule has 0 aromatic heterocycles. The fourth-order valence-electron chi connectivity index (χ4n) is 6.77. The number of nitrogens with one attached hydrogen (secondary N) is 1. The van der Waals surface area contributed by atoms with E-state index in [2.05, 4.69) is 36.5 Å². The minimum Gasteiger partial charge on any atom is -0.478 e. The molecule has 1 amide bonds. The third-order valence-corrected chi connectivity index (χ3v) is 7.57. The standard InChI is InChI=1S/C25H27NO3/c1-16-5-7-20(8-6-16)24-11-17-9-18(12-24)14-25(13-17,15-24)23(29)26-21-4-2-3-19(10-21)22(27)28/h2-8,10,17-18H,9,11-15H2,1H3,(H,26,29)(H,27,28)/t17-,18-,24?,25?/m0/s1. The zero-order valence-electron chi connectivity index (χ0n) is 16.8. The lowest BCUT2D eigenvalue weighted by Crippen LogP contribution is -2.57. The van der Waals surface area contributed by atoms with Crippen LogP contribution in [0.3, 0.4) is 0 Å². The number of carboxylic acids is 1. The summed E-state index contributed by atoms with van der Waals surface area (Å²) in [4.78, 5) is 24.8. The number of hydrogen-bond acceptors (Lipinski definition) is 2. The Kier molecular flexibility index (Phi) is 4.09. The SMILES string of the molecule is Cc1ccc(C23C[C@@H]4C[C@H](CC(C(=O)Nc5cccc(C(=O)O)c5)(C4)C2)C3)cc1. The van der Waals surface area contributed by atoms with Crippen molar-refractivity contribution in [1.82, 2.24) is 0 Å². The van der Waals surface area contributed by atoms with Crippen molar-refractivity contribution in [2.75, 3.05) is 5.32 Å². The quantitative estimate of drug-likeness (QED) is 0.758. The van der Waals surface area contributed by atoms with Gasteiger partial charge in [-0.05, 0) is 86.5 Å². The van der Waals surface area contributed by atoms with E-state index in [9.17, 15) is 14.7 Å². The van der Waals surface area contributed by atoms with Gasteiger partial charge >= 0.3 is 5.97 Å². The lowest BCUT2D eigenvalue weighted by Gasteiger charge is -2.61. The number of carbonyl (C=O) groups excluding carboxylic acids is 1. The van der Waals surface area contributed by atoms with Gasteiger partial charge < -0.3 is 10.4 Å². The van der Waals surface area contributed by atoms with Gasteiger partial charge in [0.15, 0.2) is 0 Å². The predicted octanol–water partition coefficient (Wildman–Crippen LogP) is 5.17. The first-order valence-corrected chi connectivity index (χ1v) is 10.6. The molecular weight excluding hydrogens is 362 g/mol. The average molecular weight is 389 g/mol. The summed E-state index contributed by atoms with van der Waals surface area (Å²) in [7, 11) is 0. The van der Waals surface area contributed by atoms with Gasteiger partial charge in [-0.25, -0.2) is 4.79 Å². The van der Waals surface area contributed by atoms with E-state index in [1.165, 1.54) is 30.4 Å². The van der Waals surface area contributed by atoms with Gasteiger partial charge in [-0.2, -0.15) is 0 Å². The molecule has 4 fully saturated rings. The Morgan fingerprint density at radius 1 is 1.00 bits per heavy atom. The summed E-state index contributed by atoms with van der Waals surface area (Å²) < 4.78 is 0. The molecule has 2 N–H and O–H groups in total. The Morgan fingerprint density at radius 2 is 1.69 bits per heavy atom. The van der Waals surface area contributed by atoms with Crippen molar-refractivity contribution in [2.45, 2.75) is 50.9 Å². The molecule has 4 bridgehead atoms. The number of amides is 1. The zero-order chi connectivity index (χ0) is 20.2. The maximum atomic E-state index is 13.5. The van der Waals surface area contributed by atoms with Gasteiger partial charge in [0.25, 0.3) is 0 Å². The van der Waals surface area contributed by atoms with Crippen LogP contribution in [0.25, 0.3) is 0 Å². The molecule has 0 spiro atoms. The topological polar surface area (TPSA) is 66.4 Å². The first kappa shape index (κ1) is 18.4. The fraction of sp³-hybridized carbons (Fsp3) is 0.440. The molecule has 150 valence electrons. The summed E-state index contributed by atoms with van der Waals surface area (Å²) in [5.74, 6) is 0.308. The van der Waals surface area contributed by atoms with Crippen molar-refractivity contribution in [1.29, 1.82) is 0 Å². The van der Waals surface area contributed by atoms with Gasteiger partial charge in [0.2, 0.25) is 5.91 Å². The second-order valence-corrected chi connectivity index (χ2v) is 9.73. The summed E-state index contributed by atoms with van der Waals surface area (Å²) in [5.41, 5.74) is 3.21. The summed E-state index contributed by atoms with van der Waals surface area (Å²) in [5, 5.41) is 12.3. The van der Waals surface area contributed by atoms with Gasteiger partial charge in [0.05, 0.1) is 11.0 Å². The smallest absolute Gasteiger partial charge is 0.335 e. The molecule has 0 saturated heterocycles. The maximum Gasteiger partial charge on any atom is 0.335 e. The molecule has 0 heterocycles. The Bertz CT molecular complexity index is 964. The van der Waals surface area contributed by atoms with Gasteiger partial charge in [-0.15, -0.1) is 0 Å². The lowest BCUT2D eigenvalue weighted by atomic mass is 9.42. The van der Waals surface area contributed by atoms with Crippen LogP contribution in [0, 0.1) is 24.2 Å². The van der Waals surface area contributed by atoms with E-state index in [0.29, 0.717) is 17.5 Å². The van der Waals surface area contributed by atoms with Crippen LogP contribution in [-0.2, 0) is 10.2 Å². The Balaban J connectivity index is 1.45. The van der Waals surface area contributed by atoms with E-state index in [1.807, 2.05) is 0 Å². The monoisotopic (exact) mass is 389 g/mol. The minimum absolute atomic E-state index is 0.0747. The van der Waals surface area contributed by atoms with E-state index in [1.54, 1.807) is 24.3 Å². The molecule has 2 atom stereocenters. The molecule has 4 aliphatic carbocycles. The maximum absolute atomic E-state index is 13.5. The number of aryl methyl sites for hydroxylation is 1. The third-order valence-electron chi connectivity index (χ3n) is 7.57. The van der Waals surface area contributed by atoms with Crippen molar-refractivity contribution in [3.8, 4) is 0 Å². The Morgan fingerprint density at radius 3 is 2.34 bits per heavy atom. The van der Waals surface area contributed by atoms with Crippen LogP contribution in [0.5, 0.6) is 0 Å². The molecule has 29 heavy (non-hydrogen) atoms. The van der Waals surface area contributed by atoms with E-state index < -0.39 is 5.97 Å². The first-order chi connectivity index (χ1) is 13.9. The van der Waals surface area contributed by atoms with Crippen molar-refractivity contribution in [3.63, 3.8) is 0 Å². The first-order valence-electron chi connectivity index (χ1n) is 10.6. The minimum atomic E-state index is -0.978. The summed E-state index contributed by atoms with van der Waals surface area (Å²) in [6, 6.07) is 15.5. The van der Waals surface area contributed by atoms with Crippen LogP contribution in [0.15, 0.2) is 48.5 Å². The van der Waals surface area contributed by atoms with Crippen LogP contribution in [0.2, 0.25) is 0 Å². The molecule has 6 rings (SSSR count). The second-order valence-electron chi connectivity index (χ2n) is 9.73. The number of rotatable bonds is 4. The fourth-order valence-corrected chi connectivity index (χ4v) is 6.77. The van der Waals surface area contributed by atoms with E-state index in [0.717, 1.165) is 19.3 Å². The van der Waals surface area contributed by atoms with Crippen molar-refractivity contribution >= 4 is 17.6 Å². The van der Waals surface area contributed by atoms with Crippen molar-refractivity contribution < 1.29 is 14.7 Å². The van der Waals surface area contributed by atoms with Crippen LogP contribution in [-0.4, -0.2) is 17.0 Å². The molecule has 2 aromatic carbocycles. The number of carbonyl (C=O) groups is 2. The highest BCUT2D eigenvalue weighted by atomic mass is 16.4. The highest BCUT2D eigenvalue weighted by Gasteiger charge is 2.60. The average Bonchev–Trinajstić information content (AvgIpc) is 2.67. The molecule has 0 aliphatic heterocycles. The molecule has 4 saturated carbocycles. The lowest BCUT2D eigenvalue weighted by molar-refractivity contribution is -0.143. The summed E-state index contributed by atoms with van der Waals surface area (Å²) in [6.07, 6.45) is 6.45. The van der Waals surface area contributed by atoms with E-state index >= 15 is 0 Å². The number of hydrogen-bond donors (Lipinski definition) is 2. The number of carboxylic acid groups (broad SMARTS) is 1. The van der Waals surface area contributed by atoms with Gasteiger partial charge in [0.1, 0.15) is 0 Å². The summed E-state index contributed by atoms with van der Waals surface area (Å²) in [6.45, 7) is 2.11. The number of benzene rings is 2. The van der Waals surface area contributed by atoms with E-state index in [4.69, 9.17) is 0 Å². The molecule has 2 aromatic rings. The van der Waals surface area contributed by atoms with Gasteiger partial charge in [-0.3, -0.25) is 4.79 Å². The van der Waals surface area contributed by atoms with Gasteiger partial charge in [-0.1, -0.05) is 35.9 Å². The normalized spacial score (nSPS) is 32.2. The van der Waals surface area contributed by atoms with Crippen molar-refractivity contribution in [2.24, 2.45) is 17.3 Å². The van der Waals surface area contributed by atoms with Crippen LogP contribution >= 0.6 is 0 Å². The van der Waals surface area contributed by atoms with Crippen molar-refractivity contribution in [3.05, 3.63) is 65.2 Å². The zero-order valence-corrected chi connectivity index (χ0v) is 16.8. The van der Waals surface area contributed by atoms with Crippen LogP contribution in [0.4, 0.5) is 5.69 Å². The third kappa shape index (κ3) is 3.06. The number of aromatic carboxylic acids is 1. The predicted molar refractivity (Wildman–Crippen MR) is 112 cm³/mol. The molecule has 0 unspecified atom stereocenters. The van der Waals surface area contributed by atoms with Crippen LogP contribution in [0.1, 0.15) is 60.0 Å².